The van der Waals surface area contributed by atoms with E-state index in [1.54, 1.807) is 6.08 Å². The fourth-order valence-electron chi connectivity index (χ4n) is 1.36. The summed E-state index contributed by atoms with van der Waals surface area (Å²) in [5.41, 5.74) is 0.242. The van der Waals surface area contributed by atoms with E-state index in [2.05, 4.69) is 11.9 Å². The summed E-state index contributed by atoms with van der Waals surface area (Å²) in [5.74, 6) is -0.646. The minimum Gasteiger partial charge on any atom is -0.380 e. The average Bonchev–Trinajstić information content (AvgIpc) is 2.20. The second-order valence-corrected chi connectivity index (χ2v) is 5.32. The summed E-state index contributed by atoms with van der Waals surface area (Å²) >= 11 is 0. The minimum absolute atomic E-state index is 0.0160. The first-order valence-corrected chi connectivity index (χ1v) is 6.59. The van der Waals surface area contributed by atoms with Crippen LogP contribution in [0.1, 0.15) is 13.3 Å². The van der Waals surface area contributed by atoms with Crippen LogP contribution in [-0.2, 0) is 10.0 Å². The highest BCUT2D eigenvalue weighted by Crippen LogP contribution is 2.19. The van der Waals surface area contributed by atoms with Crippen molar-refractivity contribution in [2.75, 3.05) is 5.32 Å². The second kappa shape index (κ2) is 5.29. The number of hydrogen-bond acceptors (Lipinski definition) is 3. The molecule has 0 amide bonds. The summed E-state index contributed by atoms with van der Waals surface area (Å²) in [4.78, 5) is -0.239. The van der Waals surface area contributed by atoms with Crippen molar-refractivity contribution in [2.45, 2.75) is 24.3 Å². The van der Waals surface area contributed by atoms with Crippen molar-refractivity contribution < 1.29 is 12.8 Å². The van der Waals surface area contributed by atoms with Crippen molar-refractivity contribution in [3.05, 3.63) is 36.7 Å². The number of anilines is 1. The first kappa shape index (κ1) is 13.7. The van der Waals surface area contributed by atoms with Gasteiger partial charge in [-0.2, -0.15) is 0 Å². The predicted octanol–water partition coefficient (Wildman–Crippen LogP) is 1.85. The third-order valence-electron chi connectivity index (χ3n) is 2.19. The molecule has 4 nitrogen and oxygen atoms in total. The molecule has 0 aliphatic rings. The van der Waals surface area contributed by atoms with Crippen molar-refractivity contribution in [3.8, 4) is 0 Å². The molecule has 1 rings (SSSR count). The van der Waals surface area contributed by atoms with Crippen molar-refractivity contribution in [1.82, 2.24) is 0 Å². The largest absolute Gasteiger partial charge is 0.380 e. The zero-order valence-electron chi connectivity index (χ0n) is 9.48. The fourth-order valence-corrected chi connectivity index (χ4v) is 1.89. The molecule has 1 aromatic carbocycles. The monoisotopic (exact) mass is 258 g/mol. The number of benzene rings is 1. The summed E-state index contributed by atoms with van der Waals surface area (Å²) in [7, 11) is -3.86. The van der Waals surface area contributed by atoms with Crippen LogP contribution in [0.25, 0.3) is 0 Å². The first-order chi connectivity index (χ1) is 7.84. The molecule has 1 atom stereocenters. The molecule has 17 heavy (non-hydrogen) atoms. The number of hydrogen-bond donors (Lipinski definition) is 2. The fraction of sp³-hybridized carbons (Fsp3) is 0.273. The van der Waals surface area contributed by atoms with Crippen LogP contribution in [0.2, 0.25) is 0 Å². The standard InChI is InChI=1S/C11H15FN2O2S/c1-3-4-8(2)14-11-6-5-9(7-10(11)12)17(13,15)16/h3,5-8,14H,1,4H2,2H3,(H2,13,15,16). The number of nitrogens with one attached hydrogen (secondary N) is 1. The molecule has 0 saturated carbocycles. The summed E-state index contributed by atoms with van der Waals surface area (Å²) in [5, 5.41) is 7.80. The molecule has 0 spiro atoms. The van der Waals surface area contributed by atoms with Gasteiger partial charge in [0.25, 0.3) is 0 Å². The number of sulfonamides is 1. The lowest BCUT2D eigenvalue weighted by Crippen LogP contribution is -2.16. The third-order valence-corrected chi connectivity index (χ3v) is 3.10. The van der Waals surface area contributed by atoms with Crippen LogP contribution in [0.4, 0.5) is 10.1 Å². The van der Waals surface area contributed by atoms with E-state index in [-0.39, 0.29) is 16.6 Å². The maximum Gasteiger partial charge on any atom is 0.238 e. The van der Waals surface area contributed by atoms with Gasteiger partial charge >= 0.3 is 0 Å². The Hall–Kier alpha value is -1.40. The Morgan fingerprint density at radius 1 is 1.59 bits per heavy atom. The molecule has 0 aliphatic heterocycles. The summed E-state index contributed by atoms with van der Waals surface area (Å²) < 4.78 is 35.6. The van der Waals surface area contributed by atoms with E-state index < -0.39 is 15.8 Å². The van der Waals surface area contributed by atoms with Gasteiger partial charge in [-0.15, -0.1) is 6.58 Å². The van der Waals surface area contributed by atoms with E-state index in [0.717, 1.165) is 6.07 Å². The molecule has 1 aromatic rings. The zero-order valence-corrected chi connectivity index (χ0v) is 10.3. The zero-order chi connectivity index (χ0) is 13.1. The lowest BCUT2D eigenvalue weighted by atomic mass is 10.2. The molecule has 0 saturated heterocycles. The summed E-state index contributed by atoms with van der Waals surface area (Å²) in [6.07, 6.45) is 2.39. The van der Waals surface area contributed by atoms with E-state index >= 15 is 0 Å². The van der Waals surface area contributed by atoms with Gasteiger partial charge in [-0.05, 0) is 31.5 Å². The molecule has 0 aliphatic carbocycles. The lowest BCUT2D eigenvalue weighted by molar-refractivity contribution is 0.592. The quantitative estimate of drug-likeness (QED) is 0.792. The Kier molecular flexibility index (Phi) is 4.25. The van der Waals surface area contributed by atoms with Gasteiger partial charge in [-0.25, -0.2) is 17.9 Å². The van der Waals surface area contributed by atoms with Crippen LogP contribution in [0.15, 0.2) is 35.7 Å². The molecule has 0 fully saturated rings. The van der Waals surface area contributed by atoms with Crippen LogP contribution in [0, 0.1) is 5.82 Å². The molecule has 94 valence electrons. The Bertz CT molecular complexity index is 514. The second-order valence-electron chi connectivity index (χ2n) is 3.76. The van der Waals surface area contributed by atoms with Gasteiger partial charge in [0.15, 0.2) is 0 Å². The highest BCUT2D eigenvalue weighted by atomic mass is 32.2. The van der Waals surface area contributed by atoms with Crippen molar-refractivity contribution in [2.24, 2.45) is 5.14 Å². The van der Waals surface area contributed by atoms with Gasteiger partial charge in [0, 0.05) is 6.04 Å². The van der Waals surface area contributed by atoms with E-state index in [4.69, 9.17) is 5.14 Å². The third kappa shape index (κ3) is 3.83. The number of primary sulfonamides is 1. The molecule has 0 radical (unpaired) electrons. The van der Waals surface area contributed by atoms with Gasteiger partial charge in [0.1, 0.15) is 5.82 Å². The van der Waals surface area contributed by atoms with E-state index in [1.807, 2.05) is 6.92 Å². The lowest BCUT2D eigenvalue weighted by Gasteiger charge is -2.14. The van der Waals surface area contributed by atoms with E-state index in [0.29, 0.717) is 6.42 Å². The maximum atomic E-state index is 13.6. The van der Waals surface area contributed by atoms with Crippen LogP contribution >= 0.6 is 0 Å². The Morgan fingerprint density at radius 2 is 2.24 bits per heavy atom. The molecular weight excluding hydrogens is 243 g/mol. The topological polar surface area (TPSA) is 72.2 Å². The molecule has 1 unspecified atom stereocenters. The molecule has 0 bridgehead atoms. The highest BCUT2D eigenvalue weighted by molar-refractivity contribution is 7.89. The van der Waals surface area contributed by atoms with Crippen LogP contribution < -0.4 is 10.5 Å². The molecule has 0 aromatic heterocycles. The van der Waals surface area contributed by atoms with E-state index in [9.17, 15) is 12.8 Å². The van der Waals surface area contributed by atoms with Gasteiger partial charge < -0.3 is 5.32 Å². The molecule has 3 N–H and O–H groups in total. The van der Waals surface area contributed by atoms with Crippen molar-refractivity contribution in [3.63, 3.8) is 0 Å². The van der Waals surface area contributed by atoms with Crippen LogP contribution in [0.5, 0.6) is 0 Å². The van der Waals surface area contributed by atoms with Gasteiger partial charge in [-0.1, -0.05) is 6.08 Å². The Balaban J connectivity index is 2.94. The predicted molar refractivity (Wildman–Crippen MR) is 65.7 cm³/mol. The SMILES string of the molecule is C=CCC(C)Nc1ccc(S(N)(=O)=O)cc1F. The minimum atomic E-state index is -3.86. The Labute approximate surface area is 100 Å². The maximum absolute atomic E-state index is 13.6. The molecule has 6 heteroatoms. The summed E-state index contributed by atoms with van der Waals surface area (Å²) in [6.45, 7) is 5.45. The average molecular weight is 258 g/mol. The Morgan fingerprint density at radius 3 is 2.71 bits per heavy atom. The molecular formula is C11H15FN2O2S. The van der Waals surface area contributed by atoms with Crippen LogP contribution in [0.3, 0.4) is 0 Å². The van der Waals surface area contributed by atoms with Crippen molar-refractivity contribution >= 4 is 15.7 Å². The van der Waals surface area contributed by atoms with Gasteiger partial charge in [0.05, 0.1) is 10.6 Å². The number of nitrogens with two attached hydrogens (primary N) is 1. The smallest absolute Gasteiger partial charge is 0.238 e. The first-order valence-electron chi connectivity index (χ1n) is 5.04. The molecule has 0 heterocycles. The summed E-state index contributed by atoms with van der Waals surface area (Å²) in [6, 6.07) is 3.54. The highest BCUT2D eigenvalue weighted by Gasteiger charge is 2.12. The van der Waals surface area contributed by atoms with Gasteiger partial charge in [-0.3, -0.25) is 0 Å². The van der Waals surface area contributed by atoms with Crippen molar-refractivity contribution in [1.29, 1.82) is 0 Å². The van der Waals surface area contributed by atoms with Gasteiger partial charge in [0.2, 0.25) is 10.0 Å². The van der Waals surface area contributed by atoms with Crippen LogP contribution in [-0.4, -0.2) is 14.5 Å². The normalized spacial score (nSPS) is 13.1. The number of rotatable bonds is 5. The van der Waals surface area contributed by atoms with E-state index in [1.165, 1.54) is 12.1 Å². The number of halogens is 1.